The van der Waals surface area contributed by atoms with Gasteiger partial charge in [0.15, 0.2) is 17.6 Å². The average molecular weight is 373 g/mol. The number of nitrogens with zero attached hydrogens (tertiary/aromatic N) is 2. The zero-order chi connectivity index (χ0) is 17.8. The summed E-state index contributed by atoms with van der Waals surface area (Å²) < 4.78 is 13.4. The van der Waals surface area contributed by atoms with E-state index in [0.717, 1.165) is 17.2 Å². The van der Waals surface area contributed by atoms with Crippen molar-refractivity contribution in [1.82, 2.24) is 9.78 Å². The van der Waals surface area contributed by atoms with Gasteiger partial charge < -0.3 is 14.8 Å². The molecule has 2 aliphatic rings. The fourth-order valence-corrected chi connectivity index (χ4v) is 4.46. The number of para-hydroxylation sites is 2. The van der Waals surface area contributed by atoms with Crippen molar-refractivity contribution < 1.29 is 14.3 Å². The minimum absolute atomic E-state index is 0.0348. The fraction of sp³-hybridized carbons (Fsp3) is 0.474. The molecule has 1 unspecified atom stereocenters. The van der Waals surface area contributed by atoms with Crippen LogP contribution in [0, 0.1) is 0 Å². The molecule has 1 saturated carbocycles. The number of aromatic nitrogens is 2. The quantitative estimate of drug-likeness (QED) is 0.841. The lowest BCUT2D eigenvalue weighted by atomic mass is 10.2. The van der Waals surface area contributed by atoms with Crippen LogP contribution in [0.25, 0.3) is 0 Å². The number of benzene rings is 1. The van der Waals surface area contributed by atoms with Gasteiger partial charge in [0.05, 0.1) is 24.2 Å². The van der Waals surface area contributed by atoms with Crippen LogP contribution in [-0.2, 0) is 11.3 Å². The Morgan fingerprint density at radius 2 is 2.08 bits per heavy atom. The Labute approximate surface area is 157 Å². The Morgan fingerprint density at radius 1 is 1.27 bits per heavy atom. The molecule has 1 aliphatic carbocycles. The molecule has 1 amide bonds. The third-order valence-corrected chi connectivity index (χ3v) is 6.00. The first-order chi connectivity index (χ1) is 12.8. The SMILES string of the molecule is O=C(CSC1CCCC1)Nc1cnn(CC2COc3ccccc3O2)c1. The largest absolute Gasteiger partial charge is 0.486 e. The van der Waals surface area contributed by atoms with Crippen LogP contribution >= 0.6 is 11.8 Å². The maximum absolute atomic E-state index is 12.1. The van der Waals surface area contributed by atoms with Crippen LogP contribution in [-0.4, -0.2) is 39.4 Å². The summed E-state index contributed by atoms with van der Waals surface area (Å²) in [7, 11) is 0. The number of hydrogen-bond donors (Lipinski definition) is 1. The van der Waals surface area contributed by atoms with Gasteiger partial charge in [-0.25, -0.2) is 0 Å². The molecule has 0 radical (unpaired) electrons. The molecule has 2 heterocycles. The van der Waals surface area contributed by atoms with Crippen molar-refractivity contribution in [1.29, 1.82) is 0 Å². The molecule has 1 atom stereocenters. The molecule has 0 bridgehead atoms. The highest BCUT2D eigenvalue weighted by Gasteiger charge is 2.21. The molecule has 2 aromatic rings. The van der Waals surface area contributed by atoms with E-state index >= 15 is 0 Å². The minimum atomic E-state index is -0.105. The first kappa shape index (κ1) is 17.3. The number of carbonyl (C=O) groups is 1. The second-order valence-electron chi connectivity index (χ2n) is 6.71. The first-order valence-corrected chi connectivity index (χ1v) is 10.1. The van der Waals surface area contributed by atoms with Crippen molar-refractivity contribution in [2.24, 2.45) is 0 Å². The van der Waals surface area contributed by atoms with Crippen LogP contribution in [0.2, 0.25) is 0 Å². The topological polar surface area (TPSA) is 65.4 Å². The zero-order valence-electron chi connectivity index (χ0n) is 14.6. The molecule has 6 nitrogen and oxygen atoms in total. The molecule has 0 spiro atoms. The lowest BCUT2D eigenvalue weighted by Gasteiger charge is -2.26. The highest BCUT2D eigenvalue weighted by atomic mass is 32.2. The number of ether oxygens (including phenoxy) is 2. The van der Waals surface area contributed by atoms with Crippen molar-refractivity contribution in [3.63, 3.8) is 0 Å². The van der Waals surface area contributed by atoms with Crippen molar-refractivity contribution in [2.45, 2.75) is 43.6 Å². The van der Waals surface area contributed by atoms with Crippen LogP contribution in [0.4, 0.5) is 5.69 Å². The number of rotatable bonds is 6. The summed E-state index contributed by atoms with van der Waals surface area (Å²) >= 11 is 1.76. The number of nitrogens with one attached hydrogen (secondary N) is 1. The van der Waals surface area contributed by atoms with Crippen molar-refractivity contribution in [3.8, 4) is 11.5 Å². The van der Waals surface area contributed by atoms with Gasteiger partial charge in [-0.1, -0.05) is 25.0 Å². The summed E-state index contributed by atoms with van der Waals surface area (Å²) in [6, 6.07) is 7.65. The van der Waals surface area contributed by atoms with Gasteiger partial charge in [0, 0.05) is 11.4 Å². The van der Waals surface area contributed by atoms with Crippen LogP contribution in [0.15, 0.2) is 36.7 Å². The van der Waals surface area contributed by atoms with E-state index in [-0.39, 0.29) is 12.0 Å². The van der Waals surface area contributed by atoms with Crippen molar-refractivity contribution in [3.05, 3.63) is 36.7 Å². The van der Waals surface area contributed by atoms with Gasteiger partial charge in [-0.3, -0.25) is 9.48 Å². The number of carbonyl (C=O) groups excluding carboxylic acids is 1. The van der Waals surface area contributed by atoms with Crippen LogP contribution in [0.3, 0.4) is 0 Å². The summed E-state index contributed by atoms with van der Waals surface area (Å²) in [5, 5.41) is 7.89. The van der Waals surface area contributed by atoms with E-state index in [9.17, 15) is 4.79 Å². The molecular weight excluding hydrogens is 350 g/mol. The summed E-state index contributed by atoms with van der Waals surface area (Å²) in [5.74, 6) is 2.07. The maximum atomic E-state index is 12.1. The summed E-state index contributed by atoms with van der Waals surface area (Å²) in [4.78, 5) is 12.1. The number of fused-ring (bicyclic) bond motifs is 1. The molecule has 26 heavy (non-hydrogen) atoms. The second kappa shape index (κ2) is 8.03. The zero-order valence-corrected chi connectivity index (χ0v) is 15.4. The molecule has 1 aromatic heterocycles. The standard InChI is InChI=1S/C19H23N3O3S/c23-19(13-26-16-5-1-2-6-16)21-14-9-20-22(10-14)11-15-12-24-17-7-3-4-8-18(17)25-15/h3-4,7-10,15-16H,1-2,5-6,11-13H2,(H,21,23). The van der Waals surface area contributed by atoms with Gasteiger partial charge >= 0.3 is 0 Å². The molecule has 7 heteroatoms. The fourth-order valence-electron chi connectivity index (χ4n) is 3.34. The smallest absolute Gasteiger partial charge is 0.234 e. The van der Waals surface area contributed by atoms with E-state index in [0.29, 0.717) is 24.2 Å². The monoisotopic (exact) mass is 373 g/mol. The van der Waals surface area contributed by atoms with Crippen LogP contribution < -0.4 is 14.8 Å². The van der Waals surface area contributed by atoms with Gasteiger partial charge in [0.2, 0.25) is 5.91 Å². The third kappa shape index (κ3) is 4.33. The van der Waals surface area contributed by atoms with Gasteiger partial charge in [-0.2, -0.15) is 5.10 Å². The highest BCUT2D eigenvalue weighted by molar-refractivity contribution is 8.00. The molecular formula is C19H23N3O3S. The molecule has 138 valence electrons. The van der Waals surface area contributed by atoms with Crippen molar-refractivity contribution >= 4 is 23.4 Å². The van der Waals surface area contributed by atoms with Gasteiger partial charge in [0.1, 0.15) is 6.61 Å². The predicted octanol–water partition coefficient (Wildman–Crippen LogP) is 3.34. The summed E-state index contributed by atoms with van der Waals surface area (Å²) in [5.41, 5.74) is 0.721. The van der Waals surface area contributed by atoms with Gasteiger partial charge in [0.25, 0.3) is 0 Å². The molecule has 4 rings (SSSR count). The van der Waals surface area contributed by atoms with Crippen molar-refractivity contribution in [2.75, 3.05) is 17.7 Å². The highest BCUT2D eigenvalue weighted by Crippen LogP contribution is 2.31. The van der Waals surface area contributed by atoms with E-state index < -0.39 is 0 Å². The van der Waals surface area contributed by atoms with Gasteiger partial charge in [-0.05, 0) is 25.0 Å². The van der Waals surface area contributed by atoms with E-state index in [4.69, 9.17) is 9.47 Å². The average Bonchev–Trinajstić information content (AvgIpc) is 3.32. The molecule has 1 aliphatic heterocycles. The molecule has 1 fully saturated rings. The maximum Gasteiger partial charge on any atom is 0.234 e. The Balaban J connectivity index is 1.26. The van der Waals surface area contributed by atoms with Crippen LogP contribution in [0.5, 0.6) is 11.5 Å². The Kier molecular flexibility index (Phi) is 5.34. The van der Waals surface area contributed by atoms with E-state index in [1.165, 1.54) is 25.7 Å². The molecule has 1 N–H and O–H groups in total. The number of anilines is 1. The Hall–Kier alpha value is -2.15. The van der Waals surface area contributed by atoms with E-state index in [1.807, 2.05) is 30.5 Å². The predicted molar refractivity (Wildman–Crippen MR) is 102 cm³/mol. The lowest BCUT2D eigenvalue weighted by molar-refractivity contribution is -0.113. The van der Waals surface area contributed by atoms with E-state index in [1.54, 1.807) is 22.6 Å². The summed E-state index contributed by atoms with van der Waals surface area (Å²) in [6.45, 7) is 1.05. The Morgan fingerprint density at radius 3 is 2.92 bits per heavy atom. The first-order valence-electron chi connectivity index (χ1n) is 9.08. The van der Waals surface area contributed by atoms with Crippen LogP contribution in [0.1, 0.15) is 25.7 Å². The van der Waals surface area contributed by atoms with Gasteiger partial charge in [-0.15, -0.1) is 11.8 Å². The number of thioether (sulfide) groups is 1. The second-order valence-corrected chi connectivity index (χ2v) is 8.00. The normalized spacial score (nSPS) is 19.5. The van der Waals surface area contributed by atoms with E-state index in [2.05, 4.69) is 10.4 Å². The summed E-state index contributed by atoms with van der Waals surface area (Å²) in [6.07, 6.45) is 8.47. The number of hydrogen-bond acceptors (Lipinski definition) is 5. The third-order valence-electron chi connectivity index (χ3n) is 4.63. The molecule has 1 aromatic carbocycles. The minimum Gasteiger partial charge on any atom is -0.486 e. The molecule has 0 saturated heterocycles. The lowest BCUT2D eigenvalue weighted by Crippen LogP contribution is -2.33. The number of amides is 1. The Bertz CT molecular complexity index is 758.